The molecule has 0 amide bonds. The average Bonchev–Trinajstić information content (AvgIpc) is 3.05. The van der Waals surface area contributed by atoms with Crippen molar-refractivity contribution in [3.8, 4) is 0 Å². The van der Waals surface area contributed by atoms with Crippen molar-refractivity contribution in [3.63, 3.8) is 0 Å². The van der Waals surface area contributed by atoms with Crippen molar-refractivity contribution in [1.82, 2.24) is 0 Å². The number of carboxylic acid groups (broad SMARTS) is 1. The van der Waals surface area contributed by atoms with E-state index in [0.717, 1.165) is 30.6 Å². The predicted octanol–water partition coefficient (Wildman–Crippen LogP) is 5.98. The van der Waals surface area contributed by atoms with Gasteiger partial charge in [0.25, 0.3) is 0 Å². The van der Waals surface area contributed by atoms with Crippen LogP contribution in [0.1, 0.15) is 78.1 Å². The van der Waals surface area contributed by atoms with Crippen molar-refractivity contribution in [2.75, 3.05) is 13.9 Å². The van der Waals surface area contributed by atoms with Gasteiger partial charge in [-0.05, 0) is 92.3 Å². The Kier molecular flexibility index (Phi) is 6.46. The van der Waals surface area contributed by atoms with Crippen molar-refractivity contribution in [1.29, 1.82) is 0 Å². The van der Waals surface area contributed by atoms with Gasteiger partial charge in [-0.1, -0.05) is 37.6 Å². The van der Waals surface area contributed by atoms with Crippen LogP contribution in [0.4, 0.5) is 0 Å². The molecule has 168 valence electrons. The normalized spacial score (nSPS) is 43.0. The molecule has 3 fully saturated rings. The summed E-state index contributed by atoms with van der Waals surface area (Å²) in [6.07, 6.45) is 18.3. The minimum Gasteiger partial charge on any atom is -0.481 e. The van der Waals surface area contributed by atoms with Gasteiger partial charge in [0.05, 0.1) is 6.10 Å². The lowest BCUT2D eigenvalue weighted by atomic mass is 9.47. The Morgan fingerprint density at radius 2 is 2.03 bits per heavy atom. The SMILES string of the molecule is COCO[C@H]1CC[C@@]2(C)C(=CC[C@H]3[C@@H]4CC[C@H](C=CCCC(=O)O)[C@@]4(C)CC[C@@H]32)C1. The topological polar surface area (TPSA) is 55.8 Å². The Hall–Kier alpha value is -1.13. The lowest BCUT2D eigenvalue weighted by molar-refractivity contribution is -0.136. The van der Waals surface area contributed by atoms with Crippen molar-refractivity contribution in [2.24, 2.45) is 34.5 Å². The second-order valence-electron chi connectivity index (χ2n) is 10.8. The average molecular weight is 417 g/mol. The maximum Gasteiger partial charge on any atom is 0.303 e. The first-order chi connectivity index (χ1) is 14.4. The second-order valence-corrected chi connectivity index (χ2v) is 10.8. The first-order valence-electron chi connectivity index (χ1n) is 12.1. The van der Waals surface area contributed by atoms with Gasteiger partial charge in [0.15, 0.2) is 0 Å². The molecule has 0 spiro atoms. The highest BCUT2D eigenvalue weighted by Crippen LogP contribution is 2.66. The van der Waals surface area contributed by atoms with E-state index in [1.54, 1.807) is 12.7 Å². The molecule has 4 aliphatic carbocycles. The van der Waals surface area contributed by atoms with Crippen LogP contribution in [0.3, 0.4) is 0 Å². The molecule has 1 N–H and O–H groups in total. The second kappa shape index (κ2) is 8.78. The Bertz CT molecular complexity index is 697. The Morgan fingerprint density at radius 3 is 2.80 bits per heavy atom. The van der Waals surface area contributed by atoms with Gasteiger partial charge in [-0.25, -0.2) is 0 Å². The quantitative estimate of drug-likeness (QED) is 0.410. The monoisotopic (exact) mass is 416 g/mol. The number of methoxy groups -OCH3 is 1. The van der Waals surface area contributed by atoms with E-state index >= 15 is 0 Å². The number of carboxylic acids is 1. The molecule has 0 aromatic carbocycles. The van der Waals surface area contributed by atoms with Gasteiger partial charge in [-0.15, -0.1) is 0 Å². The molecule has 30 heavy (non-hydrogen) atoms. The molecular formula is C26H40O4. The van der Waals surface area contributed by atoms with Crippen LogP contribution in [-0.4, -0.2) is 31.1 Å². The third kappa shape index (κ3) is 3.90. The lowest BCUT2D eigenvalue weighted by Crippen LogP contribution is -2.50. The van der Waals surface area contributed by atoms with E-state index in [0.29, 0.717) is 36.1 Å². The Morgan fingerprint density at radius 1 is 1.20 bits per heavy atom. The van der Waals surface area contributed by atoms with Crippen molar-refractivity contribution >= 4 is 5.97 Å². The van der Waals surface area contributed by atoms with E-state index in [4.69, 9.17) is 14.6 Å². The summed E-state index contributed by atoms with van der Waals surface area (Å²) in [6.45, 7) is 5.48. The standard InChI is InChI=1S/C26H40O4/c1-25-15-13-23-21(22(25)11-9-18(25)6-4-5-7-24(27)28)10-8-19-16-20(30-17-29-3)12-14-26(19,23)2/h4,6,8,18,20-23H,5,7,9-17H2,1-3H3,(H,27,28)/t18-,20-,21-,22-,23-,25+,26-/m0/s1. The molecule has 0 radical (unpaired) electrons. The van der Waals surface area contributed by atoms with Crippen molar-refractivity contribution in [2.45, 2.75) is 84.2 Å². The number of hydrogen-bond acceptors (Lipinski definition) is 3. The van der Waals surface area contributed by atoms with Crippen molar-refractivity contribution < 1.29 is 19.4 Å². The molecule has 0 bridgehead atoms. The van der Waals surface area contributed by atoms with E-state index in [9.17, 15) is 4.79 Å². The van der Waals surface area contributed by atoms with E-state index < -0.39 is 5.97 Å². The van der Waals surface area contributed by atoms with E-state index in [-0.39, 0.29) is 6.42 Å². The molecule has 4 nitrogen and oxygen atoms in total. The third-order valence-electron chi connectivity index (χ3n) is 9.45. The minimum atomic E-state index is -0.698. The smallest absolute Gasteiger partial charge is 0.303 e. The van der Waals surface area contributed by atoms with Gasteiger partial charge in [0.2, 0.25) is 0 Å². The number of aliphatic carboxylic acids is 1. The molecule has 0 unspecified atom stereocenters. The molecule has 7 atom stereocenters. The van der Waals surface area contributed by atoms with Crippen LogP contribution in [0.25, 0.3) is 0 Å². The van der Waals surface area contributed by atoms with Gasteiger partial charge in [0, 0.05) is 13.5 Å². The molecule has 4 heteroatoms. The van der Waals surface area contributed by atoms with Gasteiger partial charge < -0.3 is 14.6 Å². The summed E-state index contributed by atoms with van der Waals surface area (Å²) >= 11 is 0. The lowest BCUT2D eigenvalue weighted by Gasteiger charge is -2.58. The molecule has 3 saturated carbocycles. The van der Waals surface area contributed by atoms with Crippen LogP contribution in [0.5, 0.6) is 0 Å². The van der Waals surface area contributed by atoms with Crippen LogP contribution < -0.4 is 0 Å². The molecule has 0 saturated heterocycles. The maximum atomic E-state index is 10.8. The molecular weight excluding hydrogens is 376 g/mol. The number of fused-ring (bicyclic) bond motifs is 5. The highest BCUT2D eigenvalue weighted by molar-refractivity contribution is 5.66. The molecule has 0 aliphatic heterocycles. The van der Waals surface area contributed by atoms with Crippen LogP contribution >= 0.6 is 0 Å². The summed E-state index contributed by atoms with van der Waals surface area (Å²) < 4.78 is 11.0. The predicted molar refractivity (Wildman–Crippen MR) is 118 cm³/mol. The number of rotatable bonds is 7. The Labute approximate surface area is 182 Å². The van der Waals surface area contributed by atoms with Crippen LogP contribution in [0.15, 0.2) is 23.8 Å². The highest BCUT2D eigenvalue weighted by Gasteiger charge is 2.58. The molecule has 4 rings (SSSR count). The molecule has 0 aromatic heterocycles. The number of carbonyl (C=O) groups is 1. The summed E-state index contributed by atoms with van der Waals surface area (Å²) in [4.78, 5) is 10.8. The van der Waals surface area contributed by atoms with Gasteiger partial charge in [-0.3, -0.25) is 4.79 Å². The van der Waals surface area contributed by atoms with E-state index in [2.05, 4.69) is 32.1 Å². The zero-order chi connectivity index (χ0) is 21.4. The highest BCUT2D eigenvalue weighted by atomic mass is 16.7. The summed E-state index contributed by atoms with van der Waals surface area (Å²) in [5.74, 6) is 2.35. The number of hydrogen-bond donors (Lipinski definition) is 1. The Balaban J connectivity index is 1.46. The zero-order valence-electron chi connectivity index (χ0n) is 19.1. The van der Waals surface area contributed by atoms with Gasteiger partial charge in [-0.2, -0.15) is 0 Å². The number of allylic oxidation sites excluding steroid dienone is 3. The fourth-order valence-corrected chi connectivity index (χ4v) is 7.76. The largest absolute Gasteiger partial charge is 0.481 e. The van der Waals surface area contributed by atoms with Crippen LogP contribution in [0.2, 0.25) is 0 Å². The first kappa shape index (κ1) is 22.1. The van der Waals surface area contributed by atoms with Crippen LogP contribution in [0, 0.1) is 34.5 Å². The molecule has 4 aliphatic rings. The van der Waals surface area contributed by atoms with E-state index in [1.165, 1.54) is 38.5 Å². The summed E-state index contributed by atoms with van der Waals surface area (Å²) in [6, 6.07) is 0. The third-order valence-corrected chi connectivity index (χ3v) is 9.45. The van der Waals surface area contributed by atoms with E-state index in [1.807, 2.05) is 0 Å². The summed E-state index contributed by atoms with van der Waals surface area (Å²) in [5, 5.41) is 8.90. The fraction of sp³-hybridized carbons (Fsp3) is 0.808. The first-order valence-corrected chi connectivity index (χ1v) is 12.1. The van der Waals surface area contributed by atoms with Gasteiger partial charge >= 0.3 is 5.97 Å². The minimum absolute atomic E-state index is 0.245. The van der Waals surface area contributed by atoms with Crippen molar-refractivity contribution in [3.05, 3.63) is 23.8 Å². The zero-order valence-corrected chi connectivity index (χ0v) is 19.1. The van der Waals surface area contributed by atoms with Crippen LogP contribution in [-0.2, 0) is 14.3 Å². The molecule has 0 heterocycles. The fourth-order valence-electron chi connectivity index (χ4n) is 7.76. The molecule has 0 aromatic rings. The van der Waals surface area contributed by atoms with Gasteiger partial charge in [0.1, 0.15) is 6.79 Å². The number of ether oxygens (including phenoxy) is 2. The summed E-state index contributed by atoms with van der Waals surface area (Å²) in [7, 11) is 1.70. The summed E-state index contributed by atoms with van der Waals surface area (Å²) in [5.41, 5.74) is 2.40. The maximum absolute atomic E-state index is 10.8.